The first kappa shape index (κ1) is 18.7. The van der Waals surface area contributed by atoms with Gasteiger partial charge in [-0.25, -0.2) is 4.98 Å². The number of anilines is 2. The molecule has 1 saturated heterocycles. The molecule has 0 saturated carbocycles. The zero-order valence-electron chi connectivity index (χ0n) is 13.9. The van der Waals surface area contributed by atoms with Crippen LogP contribution in [0, 0.1) is 17.2 Å². The van der Waals surface area contributed by atoms with Gasteiger partial charge in [0.25, 0.3) is 5.91 Å². The molecule has 2 atom stereocenters. The van der Waals surface area contributed by atoms with Gasteiger partial charge in [0.1, 0.15) is 11.3 Å². The molecule has 2 aromatic rings. The molecule has 1 aliphatic rings. The molecule has 3 N–H and O–H groups in total. The molecule has 1 fully saturated rings. The molecule has 0 aliphatic carbocycles. The molecule has 27 heavy (non-hydrogen) atoms. The number of hydrogen-bond acceptors (Lipinski definition) is 6. The van der Waals surface area contributed by atoms with E-state index in [1.54, 1.807) is 0 Å². The first-order chi connectivity index (χ1) is 12.8. The van der Waals surface area contributed by atoms with Crippen molar-refractivity contribution in [2.24, 2.45) is 11.7 Å². The van der Waals surface area contributed by atoms with E-state index in [0.29, 0.717) is 13.0 Å². The Hall–Kier alpha value is -3.13. The van der Waals surface area contributed by atoms with E-state index in [1.807, 2.05) is 0 Å². The standard InChI is InChI=1S/C16H15F3N6O2/c17-16(18,19)13-2-1-10(6-22-13)23-15-11(14(21)26)7-25(24-15)12-8-27-4-3-9(12)5-20/h1-2,6-7,9,12H,3-4,8H2,(H2,21,26)(H,23,24). The lowest BCUT2D eigenvalue weighted by molar-refractivity contribution is -0.141. The number of aromatic nitrogens is 3. The number of carbonyl (C=O) groups excluding carboxylic acids is 1. The van der Waals surface area contributed by atoms with Gasteiger partial charge >= 0.3 is 6.18 Å². The highest BCUT2D eigenvalue weighted by molar-refractivity contribution is 5.98. The predicted molar refractivity (Wildman–Crippen MR) is 86.8 cm³/mol. The second-order valence-electron chi connectivity index (χ2n) is 5.96. The number of pyridine rings is 1. The lowest BCUT2D eigenvalue weighted by Crippen LogP contribution is -2.29. The summed E-state index contributed by atoms with van der Waals surface area (Å²) in [5.74, 6) is -1.06. The molecule has 0 radical (unpaired) electrons. The lowest BCUT2D eigenvalue weighted by Gasteiger charge is -2.26. The van der Waals surface area contributed by atoms with Crippen molar-refractivity contribution < 1.29 is 22.7 Å². The number of carbonyl (C=O) groups is 1. The van der Waals surface area contributed by atoms with Crippen molar-refractivity contribution in [3.05, 3.63) is 35.8 Å². The van der Waals surface area contributed by atoms with Gasteiger partial charge < -0.3 is 15.8 Å². The highest BCUT2D eigenvalue weighted by Crippen LogP contribution is 2.30. The van der Waals surface area contributed by atoms with Gasteiger partial charge in [0, 0.05) is 12.8 Å². The Kier molecular flexibility index (Phi) is 5.00. The van der Waals surface area contributed by atoms with Gasteiger partial charge in [0.2, 0.25) is 0 Å². The van der Waals surface area contributed by atoms with Crippen LogP contribution in [0.2, 0.25) is 0 Å². The molecule has 1 amide bonds. The van der Waals surface area contributed by atoms with Crippen molar-refractivity contribution in [3.63, 3.8) is 0 Å². The largest absolute Gasteiger partial charge is 0.433 e. The van der Waals surface area contributed by atoms with Crippen molar-refractivity contribution in [3.8, 4) is 6.07 Å². The molecule has 11 heteroatoms. The molecule has 0 aromatic carbocycles. The number of rotatable bonds is 4. The number of halogens is 3. The minimum absolute atomic E-state index is 0.0390. The summed E-state index contributed by atoms with van der Waals surface area (Å²) < 4.78 is 44.6. The van der Waals surface area contributed by atoms with Gasteiger partial charge in [-0.3, -0.25) is 9.48 Å². The monoisotopic (exact) mass is 380 g/mol. The fourth-order valence-corrected chi connectivity index (χ4v) is 2.74. The van der Waals surface area contributed by atoms with Gasteiger partial charge in [0.05, 0.1) is 36.5 Å². The zero-order valence-corrected chi connectivity index (χ0v) is 13.9. The van der Waals surface area contributed by atoms with E-state index in [4.69, 9.17) is 10.5 Å². The molecule has 3 heterocycles. The van der Waals surface area contributed by atoms with Crippen LogP contribution in [0.4, 0.5) is 24.7 Å². The van der Waals surface area contributed by atoms with Crippen molar-refractivity contribution in [1.29, 1.82) is 5.26 Å². The summed E-state index contributed by atoms with van der Waals surface area (Å²) >= 11 is 0. The Morgan fingerprint density at radius 2 is 2.22 bits per heavy atom. The third-order valence-corrected chi connectivity index (χ3v) is 4.15. The quantitative estimate of drug-likeness (QED) is 0.840. The van der Waals surface area contributed by atoms with Crippen LogP contribution < -0.4 is 11.1 Å². The maximum Gasteiger partial charge on any atom is 0.433 e. The fourth-order valence-electron chi connectivity index (χ4n) is 2.74. The Morgan fingerprint density at radius 3 is 2.81 bits per heavy atom. The summed E-state index contributed by atoms with van der Waals surface area (Å²) in [7, 11) is 0. The van der Waals surface area contributed by atoms with E-state index >= 15 is 0 Å². The summed E-state index contributed by atoms with van der Waals surface area (Å²) in [6, 6.07) is 3.76. The number of amides is 1. The SMILES string of the molecule is N#CC1CCOCC1n1cc(C(N)=O)c(Nc2ccc(C(F)(F)F)nc2)n1. The summed E-state index contributed by atoms with van der Waals surface area (Å²) in [5, 5.41) is 16.3. The van der Waals surface area contributed by atoms with Crippen molar-refractivity contribution in [2.45, 2.75) is 18.6 Å². The summed E-state index contributed by atoms with van der Waals surface area (Å²) in [4.78, 5) is 15.1. The lowest BCUT2D eigenvalue weighted by atomic mass is 9.97. The highest BCUT2D eigenvalue weighted by Gasteiger charge is 2.32. The third kappa shape index (κ3) is 4.01. The third-order valence-electron chi connectivity index (χ3n) is 4.15. The predicted octanol–water partition coefficient (Wildman–Crippen LogP) is 2.24. The van der Waals surface area contributed by atoms with Crippen molar-refractivity contribution >= 4 is 17.4 Å². The number of hydrogen-bond donors (Lipinski definition) is 2. The average molecular weight is 380 g/mol. The first-order valence-corrected chi connectivity index (χ1v) is 7.96. The summed E-state index contributed by atoms with van der Waals surface area (Å²) in [5.41, 5.74) is 4.57. The van der Waals surface area contributed by atoms with Crippen LogP contribution in [0.1, 0.15) is 28.5 Å². The van der Waals surface area contributed by atoms with Crippen molar-refractivity contribution in [1.82, 2.24) is 14.8 Å². The molecule has 0 spiro atoms. The molecule has 2 aromatic heterocycles. The van der Waals surface area contributed by atoms with Crippen LogP contribution in [-0.2, 0) is 10.9 Å². The molecule has 1 aliphatic heterocycles. The smallest absolute Gasteiger partial charge is 0.379 e. The average Bonchev–Trinajstić information content (AvgIpc) is 3.05. The number of primary amides is 1. The van der Waals surface area contributed by atoms with Crippen LogP contribution >= 0.6 is 0 Å². The van der Waals surface area contributed by atoms with E-state index in [1.165, 1.54) is 16.9 Å². The maximum absolute atomic E-state index is 12.6. The van der Waals surface area contributed by atoms with Crippen molar-refractivity contribution in [2.75, 3.05) is 18.5 Å². The van der Waals surface area contributed by atoms with Gasteiger partial charge in [0.15, 0.2) is 5.82 Å². The molecular weight excluding hydrogens is 365 g/mol. The normalized spacial score (nSPS) is 20.1. The Morgan fingerprint density at radius 1 is 1.44 bits per heavy atom. The van der Waals surface area contributed by atoms with E-state index in [9.17, 15) is 23.2 Å². The molecule has 2 unspecified atom stereocenters. The van der Waals surface area contributed by atoms with E-state index in [2.05, 4.69) is 21.5 Å². The maximum atomic E-state index is 12.6. The highest BCUT2D eigenvalue weighted by atomic mass is 19.4. The van der Waals surface area contributed by atoms with Crippen LogP contribution in [0.25, 0.3) is 0 Å². The first-order valence-electron chi connectivity index (χ1n) is 7.96. The molecule has 8 nitrogen and oxygen atoms in total. The topological polar surface area (TPSA) is 119 Å². The minimum atomic E-state index is -4.55. The fraction of sp³-hybridized carbons (Fsp3) is 0.375. The van der Waals surface area contributed by atoms with Gasteiger partial charge in [-0.1, -0.05) is 0 Å². The number of nitrogens with zero attached hydrogens (tertiary/aromatic N) is 4. The Bertz CT molecular complexity index is 872. The second-order valence-corrected chi connectivity index (χ2v) is 5.96. The minimum Gasteiger partial charge on any atom is -0.379 e. The molecular formula is C16H15F3N6O2. The van der Waals surface area contributed by atoms with Crippen LogP contribution in [-0.4, -0.2) is 33.9 Å². The van der Waals surface area contributed by atoms with E-state index < -0.39 is 23.8 Å². The molecule has 3 rings (SSSR count). The van der Waals surface area contributed by atoms with Crippen LogP contribution in [0.3, 0.4) is 0 Å². The summed E-state index contributed by atoms with van der Waals surface area (Å²) in [6.45, 7) is 0.709. The van der Waals surface area contributed by atoms with E-state index in [0.717, 1.165) is 12.3 Å². The number of nitrogens with one attached hydrogen (secondary N) is 1. The molecule has 0 bridgehead atoms. The van der Waals surface area contributed by atoms with Crippen LogP contribution in [0.15, 0.2) is 24.5 Å². The number of nitrogens with two attached hydrogens (primary N) is 1. The van der Waals surface area contributed by atoms with Gasteiger partial charge in [-0.2, -0.15) is 23.5 Å². The molecule has 142 valence electrons. The Balaban J connectivity index is 1.88. The van der Waals surface area contributed by atoms with Gasteiger partial charge in [-0.15, -0.1) is 0 Å². The second kappa shape index (κ2) is 7.24. The van der Waals surface area contributed by atoms with Crippen LogP contribution in [0.5, 0.6) is 0 Å². The zero-order chi connectivity index (χ0) is 19.6. The van der Waals surface area contributed by atoms with E-state index in [-0.39, 0.29) is 29.6 Å². The number of ether oxygens (including phenoxy) is 1. The number of nitriles is 1. The van der Waals surface area contributed by atoms with Gasteiger partial charge in [-0.05, 0) is 18.6 Å². The Labute approximate surface area is 151 Å². The summed E-state index contributed by atoms with van der Waals surface area (Å²) in [6.07, 6.45) is -1.65. The number of alkyl halides is 3.